The molecule has 1 fully saturated rings. The standard InChI is InChI=1S/C18H29N3O3.HI/c1-4-19-18(21-11-9-15(13-21)14-22-2)20-10-12-24-17-7-5-16(23-3)6-8-17;/h5-8,15H,4,9-14H2,1-3H3,(H,19,20);1H. The molecule has 1 atom stereocenters. The zero-order valence-corrected chi connectivity index (χ0v) is 17.7. The van der Waals surface area contributed by atoms with Gasteiger partial charge in [0.15, 0.2) is 5.96 Å². The van der Waals surface area contributed by atoms with Gasteiger partial charge in [0.25, 0.3) is 0 Å². The topological polar surface area (TPSA) is 55.3 Å². The highest BCUT2D eigenvalue weighted by Crippen LogP contribution is 2.17. The summed E-state index contributed by atoms with van der Waals surface area (Å²) in [6.07, 6.45) is 1.15. The van der Waals surface area contributed by atoms with Crippen LogP contribution in [-0.4, -0.2) is 64.5 Å². The third-order valence-corrected chi connectivity index (χ3v) is 4.00. The molecule has 1 aromatic carbocycles. The summed E-state index contributed by atoms with van der Waals surface area (Å²) in [6.45, 7) is 6.97. The lowest BCUT2D eigenvalue weighted by Gasteiger charge is -2.21. The molecule has 142 valence electrons. The molecule has 0 aliphatic carbocycles. The van der Waals surface area contributed by atoms with Gasteiger partial charge in [-0.05, 0) is 37.6 Å². The predicted octanol–water partition coefficient (Wildman–Crippen LogP) is 2.63. The molecule has 1 unspecified atom stereocenters. The quantitative estimate of drug-likeness (QED) is 0.278. The first-order valence-electron chi connectivity index (χ1n) is 8.55. The molecule has 0 radical (unpaired) electrons. The highest BCUT2D eigenvalue weighted by atomic mass is 127. The van der Waals surface area contributed by atoms with Crippen LogP contribution in [0.3, 0.4) is 0 Å². The van der Waals surface area contributed by atoms with Crippen LogP contribution in [0.4, 0.5) is 0 Å². The number of halogens is 1. The Labute approximate surface area is 167 Å². The van der Waals surface area contributed by atoms with E-state index in [-0.39, 0.29) is 24.0 Å². The summed E-state index contributed by atoms with van der Waals surface area (Å²) in [4.78, 5) is 6.99. The van der Waals surface area contributed by atoms with Gasteiger partial charge in [0.05, 0.1) is 20.3 Å². The van der Waals surface area contributed by atoms with Gasteiger partial charge in [0, 0.05) is 32.7 Å². The molecule has 2 rings (SSSR count). The van der Waals surface area contributed by atoms with Crippen molar-refractivity contribution in [2.45, 2.75) is 13.3 Å². The molecule has 6 nitrogen and oxygen atoms in total. The lowest BCUT2D eigenvalue weighted by atomic mass is 10.1. The monoisotopic (exact) mass is 463 g/mol. The van der Waals surface area contributed by atoms with Gasteiger partial charge in [-0.3, -0.25) is 0 Å². The van der Waals surface area contributed by atoms with Gasteiger partial charge in [0.1, 0.15) is 18.1 Å². The van der Waals surface area contributed by atoms with Crippen molar-refractivity contribution < 1.29 is 14.2 Å². The van der Waals surface area contributed by atoms with E-state index >= 15 is 0 Å². The van der Waals surface area contributed by atoms with Crippen LogP contribution in [0.2, 0.25) is 0 Å². The van der Waals surface area contributed by atoms with Crippen molar-refractivity contribution in [2.24, 2.45) is 10.9 Å². The molecular formula is C18H30IN3O3. The Morgan fingerprint density at radius 2 is 1.96 bits per heavy atom. The smallest absolute Gasteiger partial charge is 0.194 e. The summed E-state index contributed by atoms with van der Waals surface area (Å²) in [7, 11) is 3.42. The van der Waals surface area contributed by atoms with E-state index in [1.165, 1.54) is 0 Å². The number of benzene rings is 1. The minimum Gasteiger partial charge on any atom is -0.497 e. The molecule has 1 aromatic rings. The number of likely N-dealkylation sites (tertiary alicyclic amines) is 1. The molecule has 1 saturated heterocycles. The Balaban J connectivity index is 0.00000312. The van der Waals surface area contributed by atoms with E-state index in [1.807, 2.05) is 24.3 Å². The van der Waals surface area contributed by atoms with Crippen molar-refractivity contribution in [1.82, 2.24) is 10.2 Å². The summed E-state index contributed by atoms with van der Waals surface area (Å²) in [5.41, 5.74) is 0. The fraction of sp³-hybridized carbons (Fsp3) is 0.611. The Morgan fingerprint density at radius 3 is 2.60 bits per heavy atom. The summed E-state index contributed by atoms with van der Waals surface area (Å²) in [5, 5.41) is 3.36. The van der Waals surface area contributed by atoms with Gasteiger partial charge in [-0.2, -0.15) is 0 Å². The fourth-order valence-corrected chi connectivity index (χ4v) is 2.81. The molecule has 0 bridgehead atoms. The molecule has 0 amide bonds. The molecule has 25 heavy (non-hydrogen) atoms. The van der Waals surface area contributed by atoms with Gasteiger partial charge in [0.2, 0.25) is 0 Å². The van der Waals surface area contributed by atoms with Crippen LogP contribution >= 0.6 is 24.0 Å². The highest BCUT2D eigenvalue weighted by molar-refractivity contribution is 14.0. The second kappa shape index (κ2) is 12.2. The number of ether oxygens (including phenoxy) is 3. The Bertz CT molecular complexity index is 511. The predicted molar refractivity (Wildman–Crippen MR) is 111 cm³/mol. The molecule has 1 heterocycles. The molecule has 0 aromatic heterocycles. The van der Waals surface area contributed by atoms with Crippen LogP contribution in [0.15, 0.2) is 29.3 Å². The number of guanidine groups is 1. The van der Waals surface area contributed by atoms with Crippen LogP contribution < -0.4 is 14.8 Å². The summed E-state index contributed by atoms with van der Waals surface area (Å²) in [5.74, 6) is 3.22. The third-order valence-electron chi connectivity index (χ3n) is 4.00. The number of hydrogen-bond acceptors (Lipinski definition) is 4. The summed E-state index contributed by atoms with van der Waals surface area (Å²) < 4.78 is 16.1. The van der Waals surface area contributed by atoms with Crippen molar-refractivity contribution in [3.8, 4) is 11.5 Å². The lowest BCUT2D eigenvalue weighted by molar-refractivity contribution is 0.157. The number of nitrogens with zero attached hydrogens (tertiary/aromatic N) is 2. The maximum Gasteiger partial charge on any atom is 0.194 e. The lowest BCUT2D eigenvalue weighted by Crippen LogP contribution is -2.40. The Morgan fingerprint density at radius 1 is 1.24 bits per heavy atom. The number of aliphatic imine (C=N–C) groups is 1. The molecule has 0 spiro atoms. The second-order valence-corrected chi connectivity index (χ2v) is 5.82. The van der Waals surface area contributed by atoms with Gasteiger partial charge >= 0.3 is 0 Å². The minimum atomic E-state index is 0. The number of methoxy groups -OCH3 is 2. The number of rotatable bonds is 8. The first-order chi connectivity index (χ1) is 11.8. The van der Waals surface area contributed by atoms with Crippen LogP contribution in [0.5, 0.6) is 11.5 Å². The average molecular weight is 463 g/mol. The highest BCUT2D eigenvalue weighted by Gasteiger charge is 2.24. The summed E-state index contributed by atoms with van der Waals surface area (Å²) in [6, 6.07) is 7.60. The molecular weight excluding hydrogens is 433 g/mol. The van der Waals surface area contributed by atoms with Crippen molar-refractivity contribution in [3.05, 3.63) is 24.3 Å². The SMILES string of the molecule is CCNC(=NCCOc1ccc(OC)cc1)N1CCC(COC)C1.I. The second-order valence-electron chi connectivity index (χ2n) is 5.82. The van der Waals surface area contributed by atoms with Crippen molar-refractivity contribution >= 4 is 29.9 Å². The van der Waals surface area contributed by atoms with Gasteiger partial charge in [-0.15, -0.1) is 24.0 Å². The van der Waals surface area contributed by atoms with E-state index in [0.29, 0.717) is 19.1 Å². The Kier molecular flexibility index (Phi) is 10.6. The number of nitrogens with one attached hydrogen (secondary N) is 1. The van der Waals surface area contributed by atoms with Crippen LogP contribution in [0, 0.1) is 5.92 Å². The van der Waals surface area contributed by atoms with Gasteiger partial charge in [-0.1, -0.05) is 0 Å². The molecule has 1 aliphatic rings. The molecule has 7 heteroatoms. The third kappa shape index (κ3) is 7.27. The van der Waals surface area contributed by atoms with E-state index in [1.54, 1.807) is 14.2 Å². The van der Waals surface area contributed by atoms with Gasteiger partial charge in [-0.25, -0.2) is 4.99 Å². The van der Waals surface area contributed by atoms with E-state index < -0.39 is 0 Å². The first-order valence-corrected chi connectivity index (χ1v) is 8.55. The van der Waals surface area contributed by atoms with Crippen LogP contribution in [0.1, 0.15) is 13.3 Å². The fourth-order valence-electron chi connectivity index (χ4n) is 2.81. The van der Waals surface area contributed by atoms with Crippen molar-refractivity contribution in [1.29, 1.82) is 0 Å². The molecule has 1 aliphatic heterocycles. The minimum absolute atomic E-state index is 0. The maximum atomic E-state index is 5.73. The van der Waals surface area contributed by atoms with Crippen molar-refractivity contribution in [2.75, 3.05) is 53.6 Å². The first kappa shape index (κ1) is 21.8. The largest absolute Gasteiger partial charge is 0.497 e. The zero-order chi connectivity index (χ0) is 17.2. The van der Waals surface area contributed by atoms with E-state index in [0.717, 1.165) is 50.1 Å². The van der Waals surface area contributed by atoms with Gasteiger partial charge < -0.3 is 24.4 Å². The number of hydrogen-bond donors (Lipinski definition) is 1. The normalized spacial score (nSPS) is 17.2. The molecule has 0 saturated carbocycles. The van der Waals surface area contributed by atoms with E-state index in [2.05, 4.69) is 22.1 Å². The Hall–Kier alpha value is -1.22. The molecule has 1 N–H and O–H groups in total. The van der Waals surface area contributed by atoms with E-state index in [4.69, 9.17) is 14.2 Å². The zero-order valence-electron chi connectivity index (χ0n) is 15.4. The maximum absolute atomic E-state index is 5.73. The van der Waals surface area contributed by atoms with Crippen LogP contribution in [0.25, 0.3) is 0 Å². The van der Waals surface area contributed by atoms with Crippen LogP contribution in [-0.2, 0) is 4.74 Å². The average Bonchev–Trinajstić information content (AvgIpc) is 3.07. The summed E-state index contributed by atoms with van der Waals surface area (Å²) >= 11 is 0. The van der Waals surface area contributed by atoms with Crippen molar-refractivity contribution in [3.63, 3.8) is 0 Å². The van der Waals surface area contributed by atoms with E-state index in [9.17, 15) is 0 Å².